The van der Waals surface area contributed by atoms with Gasteiger partial charge in [0.15, 0.2) is 6.61 Å². The molecule has 0 unspecified atom stereocenters. The van der Waals surface area contributed by atoms with Crippen molar-refractivity contribution >= 4 is 29.9 Å². The number of rotatable bonds is 7. The number of halogens is 5. The highest BCUT2D eigenvalue weighted by molar-refractivity contribution is 5.96. The van der Waals surface area contributed by atoms with Gasteiger partial charge in [-0.1, -0.05) is 13.8 Å². The molecule has 0 aliphatic carbocycles. The predicted molar refractivity (Wildman–Crippen MR) is 89.7 cm³/mol. The molecule has 1 aromatic rings. The molecule has 1 atom stereocenters. The van der Waals surface area contributed by atoms with E-state index in [1.807, 2.05) is 0 Å². The number of benzene rings is 1. The number of alkyl halides is 3. The van der Waals surface area contributed by atoms with Gasteiger partial charge in [-0.3, -0.25) is 9.59 Å². The molecular formula is C15H20ClF4N3O3. The third kappa shape index (κ3) is 8.34. The summed E-state index contributed by atoms with van der Waals surface area (Å²) >= 11 is 0. The molecular weight excluding hydrogens is 382 g/mol. The Morgan fingerprint density at radius 2 is 1.88 bits per heavy atom. The summed E-state index contributed by atoms with van der Waals surface area (Å²) in [7, 11) is 0. The number of nitrogens with one attached hydrogen (secondary N) is 2. The van der Waals surface area contributed by atoms with E-state index in [0.29, 0.717) is 6.07 Å². The van der Waals surface area contributed by atoms with E-state index in [1.165, 1.54) is 0 Å². The average Bonchev–Trinajstić information content (AvgIpc) is 2.51. The zero-order chi connectivity index (χ0) is 19.2. The van der Waals surface area contributed by atoms with Crippen LogP contribution in [-0.2, 0) is 9.59 Å². The molecule has 2 amide bonds. The van der Waals surface area contributed by atoms with E-state index in [2.05, 4.69) is 15.4 Å². The fraction of sp³-hybridized carbons (Fsp3) is 0.467. The van der Waals surface area contributed by atoms with E-state index in [4.69, 9.17) is 5.73 Å². The molecule has 0 aromatic heterocycles. The van der Waals surface area contributed by atoms with Crippen LogP contribution in [0, 0.1) is 11.7 Å². The molecule has 4 N–H and O–H groups in total. The normalized spacial score (nSPS) is 12.2. The van der Waals surface area contributed by atoms with Crippen LogP contribution in [0.25, 0.3) is 0 Å². The van der Waals surface area contributed by atoms with Gasteiger partial charge >= 0.3 is 6.18 Å². The van der Waals surface area contributed by atoms with Crippen molar-refractivity contribution < 1.29 is 31.9 Å². The number of anilines is 1. The maximum atomic E-state index is 13.2. The Labute approximate surface area is 153 Å². The van der Waals surface area contributed by atoms with Crippen molar-refractivity contribution in [2.75, 3.05) is 18.5 Å². The lowest BCUT2D eigenvalue weighted by Gasteiger charge is -2.16. The first-order valence-corrected chi connectivity index (χ1v) is 7.32. The van der Waals surface area contributed by atoms with Crippen molar-refractivity contribution in [3.05, 3.63) is 24.0 Å². The molecule has 0 spiro atoms. The number of ether oxygens (including phenoxy) is 1. The summed E-state index contributed by atoms with van der Waals surface area (Å²) in [6.45, 7) is 1.37. The zero-order valence-electron chi connectivity index (χ0n) is 14.0. The van der Waals surface area contributed by atoms with E-state index in [0.717, 1.165) is 12.1 Å². The minimum absolute atomic E-state index is 0. The van der Waals surface area contributed by atoms with E-state index in [1.54, 1.807) is 13.8 Å². The van der Waals surface area contributed by atoms with Crippen LogP contribution < -0.4 is 21.1 Å². The van der Waals surface area contributed by atoms with Gasteiger partial charge in [-0.05, 0) is 18.1 Å². The lowest BCUT2D eigenvalue weighted by Crippen LogP contribution is -2.46. The summed E-state index contributed by atoms with van der Waals surface area (Å²) in [4.78, 5) is 23.5. The summed E-state index contributed by atoms with van der Waals surface area (Å²) in [6.07, 6.45) is -4.62. The SMILES string of the molecule is CC(C)[C@H](N)C(=O)NCC(=O)Nc1ccc(F)cc1OCC(F)(F)F.Cl. The molecule has 0 aliphatic rings. The zero-order valence-corrected chi connectivity index (χ0v) is 14.8. The molecule has 148 valence electrons. The van der Waals surface area contributed by atoms with Gasteiger partial charge in [0.1, 0.15) is 11.6 Å². The van der Waals surface area contributed by atoms with E-state index < -0.39 is 48.8 Å². The Balaban J connectivity index is 0.00000625. The van der Waals surface area contributed by atoms with Crippen molar-refractivity contribution in [1.82, 2.24) is 5.32 Å². The number of hydrogen-bond donors (Lipinski definition) is 3. The third-order valence-electron chi connectivity index (χ3n) is 3.05. The molecule has 0 heterocycles. The highest BCUT2D eigenvalue weighted by Crippen LogP contribution is 2.27. The lowest BCUT2D eigenvalue weighted by atomic mass is 10.1. The minimum Gasteiger partial charge on any atom is -0.482 e. The van der Waals surface area contributed by atoms with Gasteiger partial charge in [0.25, 0.3) is 0 Å². The maximum Gasteiger partial charge on any atom is 0.422 e. The van der Waals surface area contributed by atoms with Crippen LogP contribution in [0.5, 0.6) is 5.75 Å². The first kappa shape index (κ1) is 23.9. The second-order valence-electron chi connectivity index (χ2n) is 5.58. The fourth-order valence-corrected chi connectivity index (χ4v) is 1.66. The van der Waals surface area contributed by atoms with Crippen molar-refractivity contribution in [3.63, 3.8) is 0 Å². The molecule has 0 bridgehead atoms. The number of hydrogen-bond acceptors (Lipinski definition) is 4. The molecule has 11 heteroatoms. The second kappa shape index (κ2) is 10.2. The standard InChI is InChI=1S/C15H19F4N3O3.ClH/c1-8(2)13(20)14(24)21-6-12(23)22-10-4-3-9(16)5-11(10)25-7-15(17,18)19;/h3-5,8,13H,6-7,20H2,1-2H3,(H,21,24)(H,22,23);1H/t13-;/m0./s1. The summed E-state index contributed by atoms with van der Waals surface area (Å²) in [5.41, 5.74) is 5.45. The summed E-state index contributed by atoms with van der Waals surface area (Å²) < 4.78 is 54.3. The first-order valence-electron chi connectivity index (χ1n) is 7.32. The van der Waals surface area contributed by atoms with Crippen LogP contribution in [0.3, 0.4) is 0 Å². The topological polar surface area (TPSA) is 93.5 Å². The van der Waals surface area contributed by atoms with Crippen molar-refractivity contribution in [2.24, 2.45) is 11.7 Å². The van der Waals surface area contributed by atoms with Gasteiger partial charge < -0.3 is 21.1 Å². The van der Waals surface area contributed by atoms with Crippen molar-refractivity contribution in [2.45, 2.75) is 26.1 Å². The van der Waals surface area contributed by atoms with Gasteiger partial charge in [-0.2, -0.15) is 13.2 Å². The van der Waals surface area contributed by atoms with Crippen molar-refractivity contribution in [1.29, 1.82) is 0 Å². The first-order chi connectivity index (χ1) is 11.5. The van der Waals surface area contributed by atoms with Crippen LogP contribution in [0.1, 0.15) is 13.8 Å². The largest absolute Gasteiger partial charge is 0.482 e. The van der Waals surface area contributed by atoms with Crippen molar-refractivity contribution in [3.8, 4) is 5.75 Å². The van der Waals surface area contributed by atoms with Crippen LogP contribution in [0.15, 0.2) is 18.2 Å². The monoisotopic (exact) mass is 401 g/mol. The molecule has 6 nitrogen and oxygen atoms in total. The Hall–Kier alpha value is -2.07. The van der Waals surface area contributed by atoms with Gasteiger partial charge in [-0.25, -0.2) is 4.39 Å². The molecule has 1 aromatic carbocycles. The van der Waals surface area contributed by atoms with Gasteiger partial charge in [-0.15, -0.1) is 12.4 Å². The van der Waals surface area contributed by atoms with E-state index >= 15 is 0 Å². The molecule has 0 saturated heterocycles. The number of carbonyl (C=O) groups excluding carboxylic acids is 2. The quantitative estimate of drug-likeness (QED) is 0.611. The summed E-state index contributed by atoms with van der Waals surface area (Å²) in [6, 6.07) is 1.92. The van der Waals surface area contributed by atoms with Crippen LogP contribution in [-0.4, -0.2) is 37.2 Å². The highest BCUT2D eigenvalue weighted by Gasteiger charge is 2.29. The lowest BCUT2D eigenvalue weighted by molar-refractivity contribution is -0.153. The number of carbonyl (C=O) groups is 2. The molecule has 0 saturated carbocycles. The molecule has 26 heavy (non-hydrogen) atoms. The average molecular weight is 402 g/mol. The van der Waals surface area contributed by atoms with Crippen LogP contribution >= 0.6 is 12.4 Å². The maximum absolute atomic E-state index is 13.2. The molecule has 0 aliphatic heterocycles. The fourth-order valence-electron chi connectivity index (χ4n) is 1.66. The predicted octanol–water partition coefficient (Wildman–Crippen LogP) is 2.23. The van der Waals surface area contributed by atoms with Gasteiger partial charge in [0, 0.05) is 6.07 Å². The Kier molecular flexibility index (Phi) is 9.36. The van der Waals surface area contributed by atoms with Crippen LogP contribution in [0.4, 0.5) is 23.2 Å². The third-order valence-corrected chi connectivity index (χ3v) is 3.05. The molecule has 0 radical (unpaired) electrons. The smallest absolute Gasteiger partial charge is 0.422 e. The number of nitrogens with two attached hydrogens (primary N) is 1. The Bertz CT molecular complexity index is 627. The molecule has 0 fully saturated rings. The Morgan fingerprint density at radius 1 is 1.27 bits per heavy atom. The Morgan fingerprint density at radius 3 is 2.42 bits per heavy atom. The van der Waals surface area contributed by atoms with Crippen LogP contribution in [0.2, 0.25) is 0 Å². The second-order valence-corrected chi connectivity index (χ2v) is 5.58. The number of amides is 2. The van der Waals surface area contributed by atoms with Gasteiger partial charge in [0.05, 0.1) is 18.3 Å². The highest BCUT2D eigenvalue weighted by atomic mass is 35.5. The van der Waals surface area contributed by atoms with Gasteiger partial charge in [0.2, 0.25) is 11.8 Å². The molecule has 1 rings (SSSR count). The summed E-state index contributed by atoms with van der Waals surface area (Å²) in [5.74, 6) is -2.71. The summed E-state index contributed by atoms with van der Waals surface area (Å²) in [5, 5.41) is 4.54. The van der Waals surface area contributed by atoms with E-state index in [9.17, 15) is 27.2 Å². The minimum atomic E-state index is -4.62. The van der Waals surface area contributed by atoms with E-state index in [-0.39, 0.29) is 24.0 Å².